The Morgan fingerprint density at radius 2 is 1.49 bits per heavy atom. The monoisotopic (exact) mass is 1190 g/mol. The fourth-order valence-corrected chi connectivity index (χ4v) is 13.2. The van der Waals surface area contributed by atoms with Gasteiger partial charge in [-0.25, -0.2) is 13.1 Å². The van der Waals surface area contributed by atoms with Crippen molar-refractivity contribution in [2.75, 3.05) is 61.0 Å². The van der Waals surface area contributed by atoms with E-state index in [1.807, 2.05) is 77.7 Å². The molecule has 1 saturated carbocycles. The number of Topliss-reactive ketones (excluding diaryl/α,β-unsaturated/α-hetero) is 1. The minimum atomic E-state index is -4.00. The number of nitrogens with zero attached hydrogens (tertiary/aromatic N) is 6. The minimum absolute atomic E-state index is 0.000845. The van der Waals surface area contributed by atoms with E-state index in [4.69, 9.17) is 14.2 Å². The average Bonchev–Trinajstić information content (AvgIpc) is 4.09. The molecule has 1 aliphatic carbocycles. The van der Waals surface area contributed by atoms with E-state index in [0.717, 1.165) is 22.9 Å². The summed E-state index contributed by atoms with van der Waals surface area (Å²) in [4.78, 5) is 101. The lowest BCUT2D eigenvalue weighted by Crippen LogP contribution is -2.55. The molecule has 0 spiro atoms. The van der Waals surface area contributed by atoms with Gasteiger partial charge >= 0.3 is 0 Å². The topological polar surface area (TPSA) is 270 Å². The summed E-state index contributed by atoms with van der Waals surface area (Å²) in [5.41, 5.74) is 7.24. The van der Waals surface area contributed by atoms with E-state index < -0.39 is 81.8 Å². The fourth-order valence-electron chi connectivity index (χ4n) is 10.8. The van der Waals surface area contributed by atoms with Crippen LogP contribution in [-0.2, 0) is 77.5 Å². The summed E-state index contributed by atoms with van der Waals surface area (Å²) in [6.07, 6.45) is 5.61. The van der Waals surface area contributed by atoms with E-state index in [2.05, 4.69) is 31.2 Å². The van der Waals surface area contributed by atoms with Gasteiger partial charge in [0.2, 0.25) is 33.7 Å². The minimum Gasteiger partial charge on any atom is -0.484 e. The Labute approximate surface area is 489 Å². The van der Waals surface area contributed by atoms with Crippen molar-refractivity contribution in [1.29, 1.82) is 0 Å². The molecular formula is C56H92N10O12S3. The van der Waals surface area contributed by atoms with Gasteiger partial charge in [-0.05, 0) is 94.2 Å². The number of hydrazine groups is 1. The summed E-state index contributed by atoms with van der Waals surface area (Å²) in [6, 6.07) is 3.60. The molecule has 4 N–H and O–H groups in total. The van der Waals surface area contributed by atoms with E-state index in [9.17, 15) is 42.0 Å². The molecule has 2 aliphatic rings. The standard InChI is InChI=1S/C56H92N10O12S3/c1-15-36(6)52(64(10)56(73)41(34(2)3)29-46(67)51(35(4)5)63(8)9)47(76-11)30-50(70)65-26-16-18-44(65)53(77-12)37(7)54(71)57-42(55(72)61-81(74,75)40-24-25-40)28-38-20-22-39(23-21-38)78-31-49(69)60-59-48(68)19-17-27-66-45(33-80-14)43(32-79-13)58-62-66/h20-23,34-37,40-42,44,47,51-53H,15-19,24-33H2,1-14H3,(H,57,71)(H,59,68)(H,60,69)(H,61,72)/t36-,37+,41-,42-,44-,47+,51-,52-,53+/m0/s1. The number of hydrogen-bond acceptors (Lipinski definition) is 17. The number of ether oxygens (including phenoxy) is 3. The first kappa shape index (κ1) is 68.7. The van der Waals surface area contributed by atoms with Gasteiger partial charge in [-0.1, -0.05) is 72.2 Å². The Morgan fingerprint density at radius 3 is 2.06 bits per heavy atom. The molecular weight excluding hydrogens is 1100 g/mol. The highest BCUT2D eigenvalue weighted by Gasteiger charge is 2.44. The van der Waals surface area contributed by atoms with Gasteiger partial charge in [-0.15, -0.1) is 5.10 Å². The van der Waals surface area contributed by atoms with Crippen molar-refractivity contribution in [1.82, 2.24) is 50.6 Å². The van der Waals surface area contributed by atoms with Crippen LogP contribution in [0.3, 0.4) is 0 Å². The highest BCUT2D eigenvalue weighted by Crippen LogP contribution is 2.32. The third-order valence-corrected chi connectivity index (χ3v) is 18.4. The number of carbonyl (C=O) groups excluding carboxylic acids is 7. The molecule has 0 bridgehead atoms. The normalized spacial score (nSPS) is 17.6. The van der Waals surface area contributed by atoms with E-state index in [1.165, 1.54) is 14.2 Å². The zero-order chi connectivity index (χ0) is 60.3. The molecule has 2 fully saturated rings. The van der Waals surface area contributed by atoms with Crippen LogP contribution < -0.4 is 25.6 Å². The number of likely N-dealkylation sites (N-methyl/N-ethyl adjacent to an activating group) is 2. The molecule has 6 amide bonds. The van der Waals surface area contributed by atoms with Crippen molar-refractivity contribution >= 4 is 74.8 Å². The number of rotatable bonds is 35. The lowest BCUT2D eigenvalue weighted by molar-refractivity contribution is -0.149. The maximum absolute atomic E-state index is 14.5. The number of hydrogen-bond donors (Lipinski definition) is 4. The van der Waals surface area contributed by atoms with Crippen molar-refractivity contribution in [3.05, 3.63) is 41.2 Å². The second-order valence-electron chi connectivity index (χ2n) is 22.4. The van der Waals surface area contributed by atoms with Crippen LogP contribution >= 0.6 is 23.5 Å². The third-order valence-electron chi connectivity index (χ3n) is 15.5. The van der Waals surface area contributed by atoms with E-state index in [1.54, 1.807) is 71.6 Å². The van der Waals surface area contributed by atoms with Crippen molar-refractivity contribution in [2.24, 2.45) is 29.6 Å². The predicted molar refractivity (Wildman–Crippen MR) is 314 cm³/mol. The van der Waals surface area contributed by atoms with Crippen LogP contribution in [0.1, 0.15) is 123 Å². The first-order valence-corrected chi connectivity index (χ1v) is 32.5. The summed E-state index contributed by atoms with van der Waals surface area (Å²) in [5.74, 6) is -2.83. The summed E-state index contributed by atoms with van der Waals surface area (Å²) >= 11 is 3.33. The zero-order valence-electron chi connectivity index (χ0n) is 50.2. The van der Waals surface area contributed by atoms with E-state index in [-0.39, 0.29) is 73.0 Å². The van der Waals surface area contributed by atoms with Gasteiger partial charge in [-0.2, -0.15) is 23.5 Å². The Hall–Kier alpha value is -4.82. The van der Waals surface area contributed by atoms with Gasteiger partial charge in [0.1, 0.15) is 11.8 Å². The summed E-state index contributed by atoms with van der Waals surface area (Å²) in [5, 5.41) is 10.6. The van der Waals surface area contributed by atoms with Crippen molar-refractivity contribution in [3.63, 3.8) is 0 Å². The lowest BCUT2D eigenvalue weighted by Gasteiger charge is -2.41. The molecule has 1 aliphatic heterocycles. The smallest absolute Gasteiger partial charge is 0.276 e. The van der Waals surface area contributed by atoms with Crippen LogP contribution in [0.15, 0.2) is 24.3 Å². The van der Waals surface area contributed by atoms with Crippen LogP contribution in [0.5, 0.6) is 5.75 Å². The highest BCUT2D eigenvalue weighted by atomic mass is 32.2. The number of sulfonamides is 1. The van der Waals surface area contributed by atoms with Gasteiger partial charge in [0, 0.05) is 71.0 Å². The molecule has 22 nitrogen and oxygen atoms in total. The predicted octanol–water partition coefficient (Wildman–Crippen LogP) is 4.38. The first-order valence-electron chi connectivity index (χ1n) is 28.2. The molecule has 0 unspecified atom stereocenters. The number of likely N-dealkylation sites (tertiary alicyclic amines) is 1. The zero-order valence-corrected chi connectivity index (χ0v) is 52.6. The largest absolute Gasteiger partial charge is 0.484 e. The van der Waals surface area contributed by atoms with Gasteiger partial charge in [0.15, 0.2) is 12.4 Å². The van der Waals surface area contributed by atoms with Crippen LogP contribution in [0, 0.1) is 29.6 Å². The van der Waals surface area contributed by atoms with Crippen molar-refractivity contribution < 1.29 is 56.2 Å². The second kappa shape index (κ2) is 32.9. The Balaban J connectivity index is 1.41. The molecule has 2 heterocycles. The molecule has 0 radical (unpaired) electrons. The van der Waals surface area contributed by atoms with Crippen LogP contribution in [0.25, 0.3) is 0 Å². The summed E-state index contributed by atoms with van der Waals surface area (Å²) < 4.78 is 47.7. The lowest BCUT2D eigenvalue weighted by atomic mass is 9.83. The number of aryl methyl sites for hydroxylation is 1. The second-order valence-corrected chi connectivity index (χ2v) is 26.1. The number of amides is 6. The molecule has 4 rings (SSSR count). The number of thioether (sulfide) groups is 2. The Bertz CT molecular complexity index is 2500. The SMILES string of the molecule is CC[C@H](C)[C@@H]([C@@H](CC(=O)N1CCC[C@H]1[C@H](OC)[C@@H](C)C(=O)N[C@@H](Cc1ccc(OCC(=O)NNC(=O)CCCn2nnc(CSC)c2CSC)cc1)C(=O)NS(=O)(=O)C1CC1)OC)N(C)C(=O)[C@@H](CC(=O)[C@H](C(C)C)N(C)C)C(C)C. The molecule has 25 heteroatoms. The number of nitrogens with one attached hydrogen (secondary N) is 4. The van der Waals surface area contributed by atoms with Crippen LogP contribution in [0.4, 0.5) is 0 Å². The summed E-state index contributed by atoms with van der Waals surface area (Å²) in [6.45, 7) is 14.0. The molecule has 81 heavy (non-hydrogen) atoms. The number of ketones is 1. The van der Waals surface area contributed by atoms with Gasteiger partial charge < -0.3 is 29.3 Å². The van der Waals surface area contributed by atoms with E-state index in [0.29, 0.717) is 62.9 Å². The molecule has 9 atom stereocenters. The fraction of sp³-hybridized carbons (Fsp3) is 0.732. The van der Waals surface area contributed by atoms with Crippen LogP contribution in [0.2, 0.25) is 0 Å². The van der Waals surface area contributed by atoms with E-state index >= 15 is 0 Å². The third kappa shape index (κ3) is 19.9. The first-order chi connectivity index (χ1) is 38.3. The Morgan fingerprint density at radius 1 is 0.840 bits per heavy atom. The number of benzene rings is 1. The molecule has 456 valence electrons. The summed E-state index contributed by atoms with van der Waals surface area (Å²) in [7, 11) is 4.44. The number of carbonyl (C=O) groups is 7. The molecule has 1 aromatic carbocycles. The molecule has 1 aromatic heterocycles. The highest BCUT2D eigenvalue weighted by molar-refractivity contribution is 7.98. The molecule has 2 aromatic rings. The van der Waals surface area contributed by atoms with Gasteiger partial charge in [0.05, 0.1) is 59.3 Å². The maximum Gasteiger partial charge on any atom is 0.276 e. The van der Waals surface area contributed by atoms with Gasteiger partial charge in [0.25, 0.3) is 11.8 Å². The van der Waals surface area contributed by atoms with Gasteiger partial charge in [-0.3, -0.25) is 54.0 Å². The number of aromatic nitrogens is 3. The van der Waals surface area contributed by atoms with Crippen LogP contribution in [-0.4, -0.2) is 182 Å². The number of methoxy groups -OCH3 is 2. The van der Waals surface area contributed by atoms with Crippen molar-refractivity contribution in [2.45, 2.75) is 172 Å². The Kier molecular flexibility index (Phi) is 27.9. The average molecular weight is 1190 g/mol. The van der Waals surface area contributed by atoms with Crippen molar-refractivity contribution in [3.8, 4) is 5.75 Å². The quantitative estimate of drug-likeness (QED) is 0.0697. The maximum atomic E-state index is 14.5. The molecule has 1 saturated heterocycles.